The zero-order valence-electron chi connectivity index (χ0n) is 7.76. The summed E-state index contributed by atoms with van der Waals surface area (Å²) in [5.74, 6) is 5.84. The summed E-state index contributed by atoms with van der Waals surface area (Å²) in [4.78, 5) is 0. The molecule has 0 aliphatic rings. The van der Waals surface area contributed by atoms with E-state index in [-0.39, 0.29) is 6.10 Å². The van der Waals surface area contributed by atoms with Gasteiger partial charge >= 0.3 is 0 Å². The van der Waals surface area contributed by atoms with Gasteiger partial charge in [0.2, 0.25) is 0 Å². The maximum Gasteiger partial charge on any atom is 0.121 e. The molecule has 1 unspecified atom stereocenters. The van der Waals surface area contributed by atoms with Crippen molar-refractivity contribution in [2.45, 2.75) is 13.0 Å². The summed E-state index contributed by atoms with van der Waals surface area (Å²) in [5.41, 5.74) is 2.53. The molecule has 0 heterocycles. The van der Waals surface area contributed by atoms with Crippen molar-refractivity contribution in [2.75, 3.05) is 6.54 Å². The summed E-state index contributed by atoms with van der Waals surface area (Å²) in [5, 5.41) is 1.00. The van der Waals surface area contributed by atoms with Gasteiger partial charge in [0.1, 0.15) is 11.9 Å². The van der Waals surface area contributed by atoms with Gasteiger partial charge < -0.3 is 4.74 Å². The number of hydrogen-bond acceptors (Lipinski definition) is 3. The fourth-order valence-corrected chi connectivity index (χ4v) is 1.28. The molecule has 0 radical (unpaired) electrons. The second-order valence-electron chi connectivity index (χ2n) is 2.91. The van der Waals surface area contributed by atoms with Crippen molar-refractivity contribution in [1.29, 1.82) is 0 Å². The first-order valence-corrected chi connectivity index (χ1v) is 4.94. The van der Waals surface area contributed by atoms with E-state index >= 15 is 0 Å². The number of nitrogens with two attached hydrogens (primary N) is 1. The maximum absolute atomic E-state index is 5.82. The molecule has 78 valence electrons. The first kappa shape index (κ1) is 11.6. The van der Waals surface area contributed by atoms with Gasteiger partial charge in [-0.2, -0.15) is 0 Å². The molecule has 3 nitrogen and oxygen atoms in total. The van der Waals surface area contributed by atoms with Crippen LogP contribution >= 0.6 is 23.2 Å². The summed E-state index contributed by atoms with van der Waals surface area (Å²) in [6, 6.07) is 5.14. The monoisotopic (exact) mass is 234 g/mol. The van der Waals surface area contributed by atoms with Gasteiger partial charge in [0.25, 0.3) is 0 Å². The molecule has 0 aromatic heterocycles. The van der Waals surface area contributed by atoms with E-state index in [9.17, 15) is 0 Å². The quantitative estimate of drug-likeness (QED) is 0.621. The molecule has 5 heteroatoms. The van der Waals surface area contributed by atoms with Gasteiger partial charge in [-0.15, -0.1) is 0 Å². The van der Waals surface area contributed by atoms with Crippen molar-refractivity contribution in [2.24, 2.45) is 5.84 Å². The van der Waals surface area contributed by atoms with Crippen molar-refractivity contribution in [3.05, 3.63) is 28.2 Å². The topological polar surface area (TPSA) is 47.3 Å². The molecule has 1 rings (SSSR count). The Hall–Kier alpha value is -0.480. The van der Waals surface area contributed by atoms with Crippen molar-refractivity contribution in [3.63, 3.8) is 0 Å². The SMILES string of the molecule is CC(CNN)Oc1ccc(Cl)c(Cl)c1. The Bertz CT molecular complexity index is 307. The van der Waals surface area contributed by atoms with Crippen LogP contribution in [0.15, 0.2) is 18.2 Å². The number of hydrogen-bond donors (Lipinski definition) is 2. The summed E-state index contributed by atoms with van der Waals surface area (Å²) >= 11 is 11.6. The number of ether oxygens (including phenoxy) is 1. The molecule has 1 atom stereocenters. The molecule has 0 aliphatic carbocycles. The van der Waals surface area contributed by atoms with Crippen LogP contribution in [0, 0.1) is 0 Å². The summed E-state index contributed by atoms with van der Waals surface area (Å²) < 4.78 is 5.50. The van der Waals surface area contributed by atoms with Crippen molar-refractivity contribution < 1.29 is 4.74 Å². The number of halogens is 2. The van der Waals surface area contributed by atoms with Gasteiger partial charge in [-0.25, -0.2) is 0 Å². The molecule has 0 aliphatic heterocycles. The minimum absolute atomic E-state index is 0.0164. The lowest BCUT2D eigenvalue weighted by Gasteiger charge is -2.14. The summed E-state index contributed by atoms with van der Waals surface area (Å²) in [6.45, 7) is 2.47. The summed E-state index contributed by atoms with van der Waals surface area (Å²) in [6.07, 6.45) is -0.0164. The average molecular weight is 235 g/mol. The molecule has 0 spiro atoms. The Morgan fingerprint density at radius 3 is 2.71 bits per heavy atom. The Labute approximate surface area is 93.1 Å². The molecule has 0 saturated carbocycles. The number of rotatable bonds is 4. The third-order valence-corrected chi connectivity index (χ3v) is 2.37. The van der Waals surface area contributed by atoms with E-state index in [1.165, 1.54) is 0 Å². The maximum atomic E-state index is 5.82. The van der Waals surface area contributed by atoms with E-state index in [2.05, 4.69) is 5.43 Å². The highest BCUT2D eigenvalue weighted by Gasteiger charge is 2.04. The zero-order valence-corrected chi connectivity index (χ0v) is 9.27. The van der Waals surface area contributed by atoms with E-state index in [1.807, 2.05) is 6.92 Å². The van der Waals surface area contributed by atoms with E-state index in [0.29, 0.717) is 22.3 Å². The predicted molar refractivity (Wildman–Crippen MR) is 58.7 cm³/mol. The lowest BCUT2D eigenvalue weighted by atomic mass is 10.3. The molecule has 0 amide bonds. The first-order chi connectivity index (χ1) is 6.63. The Morgan fingerprint density at radius 1 is 1.43 bits per heavy atom. The average Bonchev–Trinajstić information content (AvgIpc) is 2.12. The number of hydrazine groups is 1. The van der Waals surface area contributed by atoms with Crippen molar-refractivity contribution in [1.82, 2.24) is 5.43 Å². The summed E-state index contributed by atoms with van der Waals surface area (Å²) in [7, 11) is 0. The fourth-order valence-electron chi connectivity index (χ4n) is 0.990. The highest BCUT2D eigenvalue weighted by atomic mass is 35.5. The Balaban J connectivity index is 2.63. The molecule has 1 aromatic rings. The van der Waals surface area contributed by atoms with Crippen LogP contribution in [-0.2, 0) is 0 Å². The molecule has 1 aromatic carbocycles. The molecular formula is C9H12Cl2N2O. The van der Waals surface area contributed by atoms with E-state index in [0.717, 1.165) is 0 Å². The van der Waals surface area contributed by atoms with Crippen LogP contribution in [0.1, 0.15) is 6.92 Å². The zero-order chi connectivity index (χ0) is 10.6. The van der Waals surface area contributed by atoms with Crippen LogP contribution in [0.3, 0.4) is 0 Å². The van der Waals surface area contributed by atoms with E-state index in [1.54, 1.807) is 18.2 Å². The molecular weight excluding hydrogens is 223 g/mol. The van der Waals surface area contributed by atoms with Gasteiger partial charge in [-0.3, -0.25) is 11.3 Å². The van der Waals surface area contributed by atoms with Crippen LogP contribution in [-0.4, -0.2) is 12.6 Å². The number of benzene rings is 1. The predicted octanol–water partition coefficient (Wildman–Crippen LogP) is 2.22. The van der Waals surface area contributed by atoms with Gasteiger partial charge in [0.05, 0.1) is 10.0 Å². The lowest BCUT2D eigenvalue weighted by Crippen LogP contribution is -2.33. The minimum Gasteiger partial charge on any atom is -0.489 e. The fraction of sp³-hybridized carbons (Fsp3) is 0.333. The van der Waals surface area contributed by atoms with Crippen molar-refractivity contribution in [3.8, 4) is 5.75 Å². The third-order valence-electron chi connectivity index (χ3n) is 1.63. The normalized spacial score (nSPS) is 12.6. The second kappa shape index (κ2) is 5.41. The first-order valence-electron chi connectivity index (χ1n) is 4.18. The standard InChI is InChI=1S/C9H12Cl2N2O/c1-6(5-13-12)14-7-2-3-8(10)9(11)4-7/h2-4,6,13H,5,12H2,1H3. The van der Waals surface area contributed by atoms with Crippen LogP contribution in [0.4, 0.5) is 0 Å². The van der Waals surface area contributed by atoms with Crippen LogP contribution < -0.4 is 16.0 Å². The molecule has 0 saturated heterocycles. The molecule has 0 fully saturated rings. The van der Waals surface area contributed by atoms with Crippen LogP contribution in [0.2, 0.25) is 10.0 Å². The largest absolute Gasteiger partial charge is 0.489 e. The Kier molecular flexibility index (Phi) is 4.48. The van der Waals surface area contributed by atoms with Gasteiger partial charge in [0.15, 0.2) is 0 Å². The highest BCUT2D eigenvalue weighted by Crippen LogP contribution is 2.26. The van der Waals surface area contributed by atoms with Crippen molar-refractivity contribution >= 4 is 23.2 Å². The molecule has 14 heavy (non-hydrogen) atoms. The second-order valence-corrected chi connectivity index (χ2v) is 3.73. The molecule has 0 bridgehead atoms. The number of nitrogens with one attached hydrogen (secondary N) is 1. The highest BCUT2D eigenvalue weighted by molar-refractivity contribution is 6.42. The van der Waals surface area contributed by atoms with Crippen LogP contribution in [0.25, 0.3) is 0 Å². The third kappa shape index (κ3) is 3.35. The van der Waals surface area contributed by atoms with Gasteiger partial charge in [0, 0.05) is 12.6 Å². The minimum atomic E-state index is -0.0164. The van der Waals surface area contributed by atoms with E-state index < -0.39 is 0 Å². The van der Waals surface area contributed by atoms with Gasteiger partial charge in [-0.1, -0.05) is 23.2 Å². The van der Waals surface area contributed by atoms with Gasteiger partial charge in [-0.05, 0) is 19.1 Å². The smallest absolute Gasteiger partial charge is 0.121 e. The lowest BCUT2D eigenvalue weighted by molar-refractivity contribution is 0.218. The molecule has 3 N–H and O–H groups in total. The van der Waals surface area contributed by atoms with E-state index in [4.69, 9.17) is 33.8 Å². The Morgan fingerprint density at radius 2 is 2.14 bits per heavy atom. The van der Waals surface area contributed by atoms with Crippen LogP contribution in [0.5, 0.6) is 5.75 Å².